The number of hydrogen-bond donors (Lipinski definition) is 8. The van der Waals surface area contributed by atoms with Crippen molar-refractivity contribution in [2.45, 2.75) is 57.3 Å². The van der Waals surface area contributed by atoms with E-state index in [-0.39, 0.29) is 25.3 Å². The number of carbonyl (C=O) groups is 7. The van der Waals surface area contributed by atoms with Crippen molar-refractivity contribution >= 4 is 47.4 Å². The summed E-state index contributed by atoms with van der Waals surface area (Å²) in [5, 5.41) is 21.4. The summed E-state index contributed by atoms with van der Waals surface area (Å²) in [5.74, 6) is -9.08. The van der Waals surface area contributed by atoms with Crippen molar-refractivity contribution in [3.8, 4) is 0 Å². The molecule has 2 aliphatic rings. The SMILES string of the molecule is COC(=O)[C@H]1[C@@H]2NC(=O)[C@H](CC(=O)O)NC(=O)CNC(=O)[C@H](CCCN=C(N)N)NC(=O)[C@H](C(C)C)NC(=O)[C@@H]21. The lowest BCUT2D eigenvalue weighted by atomic mass is 10.0. The highest BCUT2D eigenvalue weighted by atomic mass is 16.5. The van der Waals surface area contributed by atoms with Gasteiger partial charge in [0.15, 0.2) is 5.96 Å². The summed E-state index contributed by atoms with van der Waals surface area (Å²) in [4.78, 5) is 92.0. The highest BCUT2D eigenvalue weighted by Gasteiger charge is 2.61. The minimum absolute atomic E-state index is 0.0634. The Labute approximate surface area is 229 Å². The molecule has 10 N–H and O–H groups in total. The third-order valence-corrected chi connectivity index (χ3v) is 6.38. The molecular formula is C23H36N8O9. The molecule has 1 saturated carbocycles. The molecule has 0 aromatic carbocycles. The summed E-state index contributed by atoms with van der Waals surface area (Å²) in [6.45, 7) is 2.82. The van der Waals surface area contributed by atoms with Crippen LogP contribution in [-0.2, 0) is 38.3 Å². The molecule has 6 atom stereocenters. The molecule has 1 aliphatic heterocycles. The van der Waals surface area contributed by atoms with Crippen molar-refractivity contribution in [2.24, 2.45) is 34.2 Å². The number of rotatable bonds is 8. The number of carboxylic acid groups (broad SMARTS) is 1. The van der Waals surface area contributed by atoms with Gasteiger partial charge < -0.3 is 47.9 Å². The van der Waals surface area contributed by atoms with Gasteiger partial charge in [-0.3, -0.25) is 38.6 Å². The Kier molecular flexibility index (Phi) is 11.2. The normalized spacial score (nSPS) is 27.6. The number of hydrogen-bond acceptors (Lipinski definition) is 9. The largest absolute Gasteiger partial charge is 0.481 e. The van der Waals surface area contributed by atoms with Crippen LogP contribution in [0, 0.1) is 17.8 Å². The average Bonchev–Trinajstić information content (AvgIpc) is 3.58. The number of methoxy groups -OCH3 is 1. The van der Waals surface area contributed by atoms with E-state index in [1.165, 1.54) is 0 Å². The van der Waals surface area contributed by atoms with E-state index in [2.05, 4.69) is 31.6 Å². The maximum Gasteiger partial charge on any atom is 0.311 e. The van der Waals surface area contributed by atoms with Gasteiger partial charge in [-0.05, 0) is 18.8 Å². The monoisotopic (exact) mass is 568 g/mol. The molecule has 17 nitrogen and oxygen atoms in total. The molecule has 0 radical (unpaired) electrons. The zero-order valence-corrected chi connectivity index (χ0v) is 22.4. The Morgan fingerprint density at radius 2 is 1.65 bits per heavy atom. The number of carboxylic acids is 1. The fourth-order valence-electron chi connectivity index (χ4n) is 4.25. The number of aliphatic imine (C=N–C) groups is 1. The zero-order valence-electron chi connectivity index (χ0n) is 22.4. The summed E-state index contributed by atoms with van der Waals surface area (Å²) in [6.07, 6.45) is -0.475. The Bertz CT molecular complexity index is 1060. The molecule has 17 heteroatoms. The number of nitrogens with zero attached hydrogens (tertiary/aromatic N) is 1. The van der Waals surface area contributed by atoms with Crippen LogP contribution < -0.4 is 38.1 Å². The van der Waals surface area contributed by atoms with Crippen LogP contribution in [0.1, 0.15) is 33.1 Å². The average molecular weight is 569 g/mol. The lowest BCUT2D eigenvalue weighted by molar-refractivity contribution is -0.144. The number of guanidine groups is 1. The Morgan fingerprint density at radius 1 is 0.975 bits per heavy atom. The van der Waals surface area contributed by atoms with E-state index in [0.29, 0.717) is 0 Å². The molecule has 5 amide bonds. The highest BCUT2D eigenvalue weighted by Crippen LogP contribution is 2.40. The van der Waals surface area contributed by atoms with Crippen molar-refractivity contribution in [2.75, 3.05) is 20.2 Å². The van der Waals surface area contributed by atoms with Crippen LogP contribution in [0.15, 0.2) is 4.99 Å². The van der Waals surface area contributed by atoms with Gasteiger partial charge in [-0.15, -0.1) is 0 Å². The van der Waals surface area contributed by atoms with Gasteiger partial charge in [0, 0.05) is 6.54 Å². The lowest BCUT2D eigenvalue weighted by Crippen LogP contribution is -2.57. The van der Waals surface area contributed by atoms with Crippen LogP contribution in [0.2, 0.25) is 0 Å². The first-order chi connectivity index (χ1) is 18.8. The second kappa shape index (κ2) is 14.1. The quantitative estimate of drug-likeness (QED) is 0.0599. The van der Waals surface area contributed by atoms with Crippen molar-refractivity contribution in [1.82, 2.24) is 26.6 Å². The van der Waals surface area contributed by atoms with Gasteiger partial charge in [-0.25, -0.2) is 0 Å². The number of aliphatic carboxylic acids is 1. The number of esters is 1. The van der Waals surface area contributed by atoms with Gasteiger partial charge >= 0.3 is 11.9 Å². The van der Waals surface area contributed by atoms with Crippen LogP contribution >= 0.6 is 0 Å². The standard InChI is InChI=1S/C23H36N8O9/c1-9(2)16-21(38)29-10(5-4-6-26-23(24)25)18(35)27-8-12(32)28-11(7-13(33)34)19(36)31-17-14(20(37)30-16)15(17)22(39)40-3/h9-11,14-17H,4-8H2,1-3H3,(H,27,35)(H,28,32)(H,29,38)(H,30,37)(H,31,36)(H,33,34)(H4,24,25,26)/t10-,11-,14+,15+,16-,17+/m0/s1. The summed E-state index contributed by atoms with van der Waals surface area (Å²) < 4.78 is 4.72. The Balaban J connectivity index is 2.39. The fourth-order valence-corrected chi connectivity index (χ4v) is 4.25. The van der Waals surface area contributed by atoms with Gasteiger partial charge in [0.05, 0.1) is 38.0 Å². The van der Waals surface area contributed by atoms with Crippen molar-refractivity contribution < 1.29 is 43.4 Å². The molecule has 40 heavy (non-hydrogen) atoms. The molecule has 2 rings (SSSR count). The van der Waals surface area contributed by atoms with E-state index in [1.807, 2.05) is 0 Å². The lowest BCUT2D eigenvalue weighted by Gasteiger charge is -2.26. The van der Waals surface area contributed by atoms with Gasteiger partial charge in [0.1, 0.15) is 18.1 Å². The van der Waals surface area contributed by atoms with Gasteiger partial charge in [-0.1, -0.05) is 13.8 Å². The molecular weight excluding hydrogens is 532 g/mol. The maximum atomic E-state index is 13.2. The predicted molar refractivity (Wildman–Crippen MR) is 137 cm³/mol. The van der Waals surface area contributed by atoms with E-state index >= 15 is 0 Å². The maximum absolute atomic E-state index is 13.2. The molecule has 0 unspecified atom stereocenters. The van der Waals surface area contributed by atoms with E-state index in [0.717, 1.165) is 7.11 Å². The smallest absolute Gasteiger partial charge is 0.311 e. The molecule has 0 aromatic rings. The molecule has 0 bridgehead atoms. The van der Waals surface area contributed by atoms with Crippen LogP contribution in [0.5, 0.6) is 0 Å². The van der Waals surface area contributed by atoms with Gasteiger partial charge in [0.25, 0.3) is 0 Å². The third-order valence-electron chi connectivity index (χ3n) is 6.38. The van der Waals surface area contributed by atoms with E-state index in [1.54, 1.807) is 13.8 Å². The molecule has 2 fully saturated rings. The van der Waals surface area contributed by atoms with Crippen molar-refractivity contribution in [1.29, 1.82) is 0 Å². The van der Waals surface area contributed by atoms with E-state index < -0.39 is 96.4 Å². The van der Waals surface area contributed by atoms with Gasteiger partial charge in [0.2, 0.25) is 29.5 Å². The molecule has 1 saturated heterocycles. The molecule has 0 spiro atoms. The van der Waals surface area contributed by atoms with Crippen LogP contribution in [0.3, 0.4) is 0 Å². The number of ether oxygens (including phenoxy) is 1. The van der Waals surface area contributed by atoms with Crippen LogP contribution in [0.4, 0.5) is 0 Å². The first-order valence-electron chi connectivity index (χ1n) is 12.6. The minimum atomic E-state index is -1.57. The molecule has 1 aliphatic carbocycles. The number of fused-ring (bicyclic) bond motifs is 1. The number of nitrogens with two attached hydrogens (primary N) is 2. The Morgan fingerprint density at radius 3 is 2.23 bits per heavy atom. The minimum Gasteiger partial charge on any atom is -0.481 e. The Hall–Kier alpha value is -4.44. The second-order valence-corrected chi connectivity index (χ2v) is 9.79. The van der Waals surface area contributed by atoms with Crippen LogP contribution in [-0.4, -0.2) is 96.9 Å². The molecule has 222 valence electrons. The fraction of sp³-hybridized carbons (Fsp3) is 0.652. The number of carbonyl (C=O) groups excluding carboxylic acids is 6. The molecule has 0 aromatic heterocycles. The third kappa shape index (κ3) is 8.81. The van der Waals surface area contributed by atoms with Crippen LogP contribution in [0.25, 0.3) is 0 Å². The second-order valence-electron chi connectivity index (χ2n) is 9.79. The highest BCUT2D eigenvalue weighted by molar-refractivity contribution is 5.99. The summed E-state index contributed by atoms with van der Waals surface area (Å²) in [6, 6.07) is -4.93. The topological polar surface area (TPSA) is 274 Å². The summed E-state index contributed by atoms with van der Waals surface area (Å²) in [7, 11) is 1.10. The van der Waals surface area contributed by atoms with Crippen molar-refractivity contribution in [3.05, 3.63) is 0 Å². The molecule has 1 heterocycles. The zero-order chi connectivity index (χ0) is 30.1. The first-order valence-corrected chi connectivity index (χ1v) is 12.6. The van der Waals surface area contributed by atoms with E-state index in [4.69, 9.17) is 16.2 Å². The summed E-state index contributed by atoms with van der Waals surface area (Å²) >= 11 is 0. The van der Waals surface area contributed by atoms with Gasteiger partial charge in [-0.2, -0.15) is 0 Å². The first kappa shape index (κ1) is 31.8. The number of nitrogens with one attached hydrogen (secondary N) is 5. The number of amides is 5. The predicted octanol–water partition coefficient (Wildman–Crippen LogP) is -4.34. The van der Waals surface area contributed by atoms with Crippen molar-refractivity contribution in [3.63, 3.8) is 0 Å². The van der Waals surface area contributed by atoms with E-state index in [9.17, 15) is 38.7 Å². The summed E-state index contributed by atoms with van der Waals surface area (Å²) in [5.41, 5.74) is 10.6.